The van der Waals surface area contributed by atoms with Crippen molar-refractivity contribution in [2.45, 2.75) is 0 Å². The Kier molecular flexibility index (Phi) is 4.79. The standard InChI is InChI=1S/C9H13N9/c10-8(11)17-14-4-6-2-1-3-7(16-6)5-15-18-9(12)13/h1-5H,(H4,10,11,17)(H4,12,13,18)/p+2/b14-4+,15-5+. The Morgan fingerprint density at radius 3 is 2.50 bits per heavy atom. The lowest BCUT2D eigenvalue weighted by Crippen LogP contribution is -2.64. The molecule has 0 atom stereocenters. The van der Waals surface area contributed by atoms with Gasteiger partial charge < -0.3 is 22.9 Å². The first-order valence-electron chi connectivity index (χ1n) is 4.89. The van der Waals surface area contributed by atoms with Gasteiger partial charge >= 0.3 is 0 Å². The second-order valence-electron chi connectivity index (χ2n) is 3.14. The maximum absolute atomic E-state index is 5.16. The molecule has 0 saturated heterocycles. The minimum absolute atomic E-state index is 0.0586. The number of H-pyrrole nitrogens is 1. The molecule has 1 rings (SSSR count). The first-order chi connectivity index (χ1) is 8.58. The predicted octanol–water partition coefficient (Wildman–Crippen LogP) is -4.20. The van der Waals surface area contributed by atoms with Gasteiger partial charge in [-0.15, -0.1) is 10.2 Å². The number of nitrogens with one attached hydrogen (secondary N) is 2. The lowest BCUT2D eigenvalue weighted by atomic mass is 10.3. The molecule has 1 aromatic heterocycles. The average molecular weight is 249 g/mol. The summed E-state index contributed by atoms with van der Waals surface area (Å²) in [6.45, 7) is 0. The Hall–Kier alpha value is -2.97. The molecule has 9 nitrogen and oxygen atoms in total. The molecule has 0 saturated carbocycles. The van der Waals surface area contributed by atoms with E-state index in [9.17, 15) is 0 Å². The zero-order valence-electron chi connectivity index (χ0n) is 9.54. The number of pyridine rings is 1. The Bertz CT molecular complexity index is 463. The molecule has 0 bridgehead atoms. The molecule has 10 N–H and O–H groups in total. The van der Waals surface area contributed by atoms with Crippen LogP contribution in [0.15, 0.2) is 33.5 Å². The van der Waals surface area contributed by atoms with Gasteiger partial charge in [-0.2, -0.15) is 4.98 Å². The van der Waals surface area contributed by atoms with Crippen molar-refractivity contribution in [3.63, 3.8) is 0 Å². The molecule has 0 aliphatic rings. The highest BCUT2D eigenvalue weighted by atomic mass is 15.3. The van der Waals surface area contributed by atoms with Gasteiger partial charge in [-0.1, -0.05) is 5.10 Å². The van der Waals surface area contributed by atoms with Crippen LogP contribution < -0.4 is 33.0 Å². The molecule has 0 unspecified atom stereocenters. The van der Waals surface area contributed by atoms with Crippen LogP contribution in [0.1, 0.15) is 11.4 Å². The van der Waals surface area contributed by atoms with Crippen molar-refractivity contribution < 1.29 is 10.1 Å². The lowest BCUT2D eigenvalue weighted by molar-refractivity contribution is -0.464. The van der Waals surface area contributed by atoms with Gasteiger partial charge in [-0.3, -0.25) is 0 Å². The van der Waals surface area contributed by atoms with Gasteiger partial charge in [0.1, 0.15) is 6.21 Å². The molecule has 1 heterocycles. The van der Waals surface area contributed by atoms with E-state index in [1.165, 1.54) is 6.21 Å². The molecule has 0 aliphatic heterocycles. The molecular weight excluding hydrogens is 234 g/mol. The van der Waals surface area contributed by atoms with Crippen LogP contribution in [-0.4, -0.2) is 24.3 Å². The van der Waals surface area contributed by atoms with Crippen LogP contribution in [0.2, 0.25) is 0 Å². The zero-order chi connectivity index (χ0) is 13.4. The van der Waals surface area contributed by atoms with Gasteiger partial charge in [0.15, 0.2) is 0 Å². The Labute approximate surface area is 103 Å². The fraction of sp³-hybridized carbons (Fsp3) is 0. The summed E-state index contributed by atoms with van der Waals surface area (Å²) in [6.07, 6.45) is 3.05. The Morgan fingerprint density at radius 1 is 1.11 bits per heavy atom. The molecule has 9 heteroatoms. The SMILES string of the molecule is NC(N)=N/N=C/c1cccc(/C=[NH+]/N=C(N)N)[nH+]1. The van der Waals surface area contributed by atoms with Gasteiger partial charge in [0.2, 0.25) is 11.7 Å². The topological polar surface area (TPSA) is 169 Å². The van der Waals surface area contributed by atoms with Crippen LogP contribution in [0, 0.1) is 0 Å². The number of hydrogen-bond acceptors (Lipinski definition) is 3. The van der Waals surface area contributed by atoms with E-state index >= 15 is 0 Å². The zero-order valence-corrected chi connectivity index (χ0v) is 9.54. The summed E-state index contributed by atoms with van der Waals surface area (Å²) in [4.78, 5) is 3.02. The molecule has 1 aromatic rings. The third kappa shape index (κ3) is 5.21. The molecule has 94 valence electrons. The fourth-order valence-electron chi connectivity index (χ4n) is 0.999. The molecule has 0 amide bonds. The summed E-state index contributed by atoms with van der Waals surface area (Å²) in [5.41, 5.74) is 22.0. The van der Waals surface area contributed by atoms with E-state index in [4.69, 9.17) is 22.9 Å². The molecular formula is C9H15N9+2. The van der Waals surface area contributed by atoms with E-state index in [1.54, 1.807) is 12.3 Å². The Balaban J connectivity index is 2.80. The van der Waals surface area contributed by atoms with Crippen molar-refractivity contribution in [1.82, 2.24) is 0 Å². The van der Waals surface area contributed by atoms with E-state index in [0.717, 1.165) is 5.69 Å². The van der Waals surface area contributed by atoms with Crippen molar-refractivity contribution in [2.75, 3.05) is 0 Å². The number of rotatable bonds is 4. The smallest absolute Gasteiger partial charge is 0.270 e. The van der Waals surface area contributed by atoms with Gasteiger partial charge in [-0.25, -0.2) is 0 Å². The highest BCUT2D eigenvalue weighted by molar-refractivity contribution is 5.79. The first kappa shape index (κ1) is 13.1. The van der Waals surface area contributed by atoms with E-state index in [-0.39, 0.29) is 11.9 Å². The summed E-state index contributed by atoms with van der Waals surface area (Å²) in [6, 6.07) is 5.42. The largest absolute Gasteiger partial charge is 0.369 e. The number of hydrogen-bond donors (Lipinski definition) is 5. The quantitative estimate of drug-likeness (QED) is 0.207. The van der Waals surface area contributed by atoms with E-state index in [1.807, 2.05) is 12.1 Å². The maximum atomic E-state index is 5.16. The summed E-state index contributed by atoms with van der Waals surface area (Å²) < 4.78 is 0. The number of nitrogens with zero attached hydrogens (tertiary/aromatic N) is 3. The van der Waals surface area contributed by atoms with E-state index in [0.29, 0.717) is 5.69 Å². The van der Waals surface area contributed by atoms with Crippen LogP contribution in [0.4, 0.5) is 0 Å². The summed E-state index contributed by atoms with van der Waals surface area (Å²) >= 11 is 0. The second-order valence-corrected chi connectivity index (χ2v) is 3.14. The number of nitrogens with two attached hydrogens (primary N) is 4. The van der Waals surface area contributed by atoms with Crippen LogP contribution in [0.3, 0.4) is 0 Å². The van der Waals surface area contributed by atoms with E-state index in [2.05, 4.69) is 25.4 Å². The molecule has 18 heavy (non-hydrogen) atoms. The molecule has 0 aliphatic carbocycles. The maximum Gasteiger partial charge on any atom is 0.270 e. The fourth-order valence-corrected chi connectivity index (χ4v) is 0.999. The minimum Gasteiger partial charge on any atom is -0.369 e. The summed E-state index contributed by atoms with van der Waals surface area (Å²) in [5.74, 6) is -0.167. The van der Waals surface area contributed by atoms with Gasteiger partial charge in [0, 0.05) is 17.2 Å². The normalized spacial score (nSPS) is 10.7. The van der Waals surface area contributed by atoms with Crippen molar-refractivity contribution >= 4 is 24.3 Å². The molecule has 0 aromatic carbocycles. The average Bonchev–Trinajstić information content (AvgIpc) is 2.28. The first-order valence-corrected chi connectivity index (χ1v) is 4.89. The summed E-state index contributed by atoms with van der Waals surface area (Å²) in [7, 11) is 0. The number of hydrazone groups is 1. The second kappa shape index (κ2) is 6.58. The lowest BCUT2D eigenvalue weighted by Gasteiger charge is -1.85. The highest BCUT2D eigenvalue weighted by Gasteiger charge is 2.03. The highest BCUT2D eigenvalue weighted by Crippen LogP contribution is 1.87. The number of aromatic nitrogens is 1. The number of guanidine groups is 2. The van der Waals surface area contributed by atoms with Gasteiger partial charge in [0.25, 0.3) is 17.9 Å². The van der Waals surface area contributed by atoms with Crippen LogP contribution in [0.5, 0.6) is 0 Å². The molecule has 0 fully saturated rings. The van der Waals surface area contributed by atoms with Crippen molar-refractivity contribution in [2.24, 2.45) is 38.2 Å². The van der Waals surface area contributed by atoms with Crippen molar-refractivity contribution in [3.05, 3.63) is 29.6 Å². The van der Waals surface area contributed by atoms with E-state index < -0.39 is 0 Å². The third-order valence-corrected chi connectivity index (χ3v) is 1.62. The van der Waals surface area contributed by atoms with Crippen molar-refractivity contribution in [1.29, 1.82) is 0 Å². The number of aromatic amines is 1. The van der Waals surface area contributed by atoms with Crippen LogP contribution in [-0.2, 0) is 0 Å². The monoisotopic (exact) mass is 249 g/mol. The Morgan fingerprint density at radius 2 is 1.83 bits per heavy atom. The van der Waals surface area contributed by atoms with Crippen LogP contribution >= 0.6 is 0 Å². The third-order valence-electron chi connectivity index (χ3n) is 1.62. The predicted molar refractivity (Wildman–Crippen MR) is 68.3 cm³/mol. The molecule has 0 spiro atoms. The van der Waals surface area contributed by atoms with Crippen molar-refractivity contribution in [3.8, 4) is 0 Å². The molecule has 0 radical (unpaired) electrons. The minimum atomic E-state index is -0.108. The van der Waals surface area contributed by atoms with Gasteiger partial charge in [0.05, 0.1) is 0 Å². The van der Waals surface area contributed by atoms with Crippen LogP contribution in [0.25, 0.3) is 0 Å². The summed E-state index contributed by atoms with van der Waals surface area (Å²) in [5, 5.41) is 13.3. The van der Waals surface area contributed by atoms with Gasteiger partial charge in [-0.05, 0) is 6.07 Å².